The zero-order chi connectivity index (χ0) is 20.4. The van der Waals surface area contributed by atoms with Crippen LogP contribution in [0.25, 0.3) is 16.7 Å². The second-order valence-electron chi connectivity index (χ2n) is 5.34. The number of hydrogen-bond acceptors (Lipinski definition) is 5. The maximum atomic E-state index is 13.6. The second-order valence-corrected chi connectivity index (χ2v) is 5.34. The van der Waals surface area contributed by atoms with E-state index in [1.54, 1.807) is 18.2 Å². The number of nitro groups is 1. The number of Topliss-reactive ketones (excluding diaryl/α,β-unsaturated/α-hetero) is 1. The van der Waals surface area contributed by atoms with Gasteiger partial charge >= 0.3 is 12.1 Å². The van der Waals surface area contributed by atoms with Crippen LogP contribution in [0.4, 0.5) is 18.9 Å². The molecule has 0 bridgehead atoms. The summed E-state index contributed by atoms with van der Waals surface area (Å²) in [6, 6.07) is 9.28. The van der Waals surface area contributed by atoms with Crippen molar-refractivity contribution in [1.82, 2.24) is 0 Å². The van der Waals surface area contributed by atoms with E-state index in [9.17, 15) is 32.9 Å². The molecule has 0 radical (unpaired) electrons. The van der Waals surface area contributed by atoms with E-state index in [4.69, 9.17) is 0 Å². The number of ether oxygens (including phenoxy) is 1. The highest BCUT2D eigenvalue weighted by Crippen LogP contribution is 2.42. The average Bonchev–Trinajstić information content (AvgIpc) is 2.65. The van der Waals surface area contributed by atoms with Crippen LogP contribution in [0.1, 0.15) is 11.1 Å². The first-order chi connectivity index (χ1) is 12.6. The molecule has 9 heteroatoms. The highest BCUT2D eigenvalue weighted by atomic mass is 19.4. The van der Waals surface area contributed by atoms with E-state index in [1.807, 2.05) is 0 Å². The Morgan fingerprint density at radius 2 is 1.70 bits per heavy atom. The fourth-order valence-electron chi connectivity index (χ4n) is 2.44. The van der Waals surface area contributed by atoms with Gasteiger partial charge < -0.3 is 4.74 Å². The molecule has 0 atom stereocenters. The van der Waals surface area contributed by atoms with Crippen molar-refractivity contribution >= 4 is 23.0 Å². The van der Waals surface area contributed by atoms with E-state index in [2.05, 4.69) is 11.3 Å². The number of methoxy groups -OCH3 is 1. The smallest absolute Gasteiger partial charge is 0.417 e. The summed E-state index contributed by atoms with van der Waals surface area (Å²) in [5.41, 5.74) is -4.24. The molecule has 0 amide bonds. The molecule has 0 aliphatic carbocycles. The maximum Gasteiger partial charge on any atom is 0.417 e. The zero-order valence-electron chi connectivity index (χ0n) is 13.9. The molecule has 2 rings (SSSR count). The van der Waals surface area contributed by atoms with Gasteiger partial charge in [-0.2, -0.15) is 13.2 Å². The van der Waals surface area contributed by atoms with Crippen molar-refractivity contribution in [3.63, 3.8) is 0 Å². The van der Waals surface area contributed by atoms with Gasteiger partial charge in [-0.1, -0.05) is 36.9 Å². The summed E-state index contributed by atoms with van der Waals surface area (Å²) < 4.78 is 45.0. The third-order valence-electron chi connectivity index (χ3n) is 3.67. The third-order valence-corrected chi connectivity index (χ3v) is 3.67. The number of nitrogens with zero attached hydrogens (tertiary/aromatic N) is 1. The van der Waals surface area contributed by atoms with Gasteiger partial charge in [0.1, 0.15) is 0 Å². The Balaban J connectivity index is 2.82. The molecule has 0 aromatic heterocycles. The Kier molecular flexibility index (Phi) is 5.44. The monoisotopic (exact) mass is 379 g/mol. The van der Waals surface area contributed by atoms with Crippen molar-refractivity contribution in [3.05, 3.63) is 70.3 Å². The van der Waals surface area contributed by atoms with Gasteiger partial charge in [0.25, 0.3) is 11.5 Å². The van der Waals surface area contributed by atoms with E-state index in [0.717, 1.165) is 13.2 Å². The number of hydrogen-bond donors (Lipinski definition) is 0. The molecular weight excluding hydrogens is 367 g/mol. The SMILES string of the molecule is C=C(C(=O)C(=O)OC)c1c([N+](=O)[O-])cc(-c2ccccc2)cc1C(F)(F)F. The number of rotatable bonds is 5. The molecule has 2 aromatic rings. The summed E-state index contributed by atoms with van der Waals surface area (Å²) in [7, 11) is 0.852. The summed E-state index contributed by atoms with van der Waals surface area (Å²) in [5, 5.41) is 11.4. The summed E-state index contributed by atoms with van der Waals surface area (Å²) in [6.07, 6.45) is -5.04. The second kappa shape index (κ2) is 7.40. The summed E-state index contributed by atoms with van der Waals surface area (Å²) in [6.45, 7) is 3.16. The van der Waals surface area contributed by atoms with Gasteiger partial charge in [0, 0.05) is 11.6 Å². The predicted molar refractivity (Wildman–Crippen MR) is 89.6 cm³/mol. The normalized spacial score (nSPS) is 11.0. The molecule has 0 heterocycles. The minimum absolute atomic E-state index is 0.0725. The summed E-state index contributed by atoms with van der Waals surface area (Å²) >= 11 is 0. The van der Waals surface area contributed by atoms with Gasteiger partial charge in [0.05, 0.1) is 23.2 Å². The van der Waals surface area contributed by atoms with Crippen LogP contribution in [0.15, 0.2) is 49.0 Å². The molecule has 0 aliphatic rings. The standard InChI is InChI=1S/C18H12F3NO5/c1-10(16(23)17(24)27-2)15-13(18(19,20)21)8-12(9-14(15)22(25)26)11-6-4-3-5-7-11/h3-9H,1H2,2H3. The first-order valence-corrected chi connectivity index (χ1v) is 7.35. The number of benzene rings is 2. The number of nitro benzene ring substituents is 1. The number of halogens is 3. The lowest BCUT2D eigenvalue weighted by molar-refractivity contribution is -0.385. The van der Waals surface area contributed by atoms with E-state index >= 15 is 0 Å². The topological polar surface area (TPSA) is 86.5 Å². The van der Waals surface area contributed by atoms with Crippen LogP contribution in [0, 0.1) is 10.1 Å². The van der Waals surface area contributed by atoms with Crippen molar-refractivity contribution in [2.45, 2.75) is 6.18 Å². The highest BCUT2D eigenvalue weighted by Gasteiger charge is 2.40. The molecule has 0 fully saturated rings. The van der Waals surface area contributed by atoms with Gasteiger partial charge in [-0.3, -0.25) is 14.9 Å². The molecule has 0 saturated carbocycles. The Labute approximate surface area is 151 Å². The third kappa shape index (κ3) is 4.02. The zero-order valence-corrected chi connectivity index (χ0v) is 13.9. The first kappa shape index (κ1) is 19.8. The average molecular weight is 379 g/mol. The number of ketones is 1. The molecule has 0 unspecified atom stereocenters. The Morgan fingerprint density at radius 1 is 1.11 bits per heavy atom. The van der Waals surface area contributed by atoms with E-state index < -0.39 is 45.2 Å². The largest absolute Gasteiger partial charge is 0.463 e. The van der Waals surface area contributed by atoms with Crippen molar-refractivity contribution in [2.24, 2.45) is 0 Å². The highest BCUT2D eigenvalue weighted by molar-refractivity contribution is 6.51. The quantitative estimate of drug-likeness (QED) is 0.257. The van der Waals surface area contributed by atoms with Crippen molar-refractivity contribution in [3.8, 4) is 11.1 Å². The van der Waals surface area contributed by atoms with Crippen molar-refractivity contribution < 1.29 is 32.4 Å². The van der Waals surface area contributed by atoms with Gasteiger partial charge in [-0.15, -0.1) is 0 Å². The fraction of sp³-hybridized carbons (Fsp3) is 0.111. The molecule has 2 aromatic carbocycles. The van der Waals surface area contributed by atoms with E-state index in [1.165, 1.54) is 12.1 Å². The van der Waals surface area contributed by atoms with Crippen LogP contribution in [-0.4, -0.2) is 23.8 Å². The van der Waals surface area contributed by atoms with Crippen molar-refractivity contribution in [1.29, 1.82) is 0 Å². The molecule has 0 N–H and O–H groups in total. The Hall–Kier alpha value is -3.49. The lowest BCUT2D eigenvalue weighted by Crippen LogP contribution is -2.20. The van der Waals surface area contributed by atoms with Crippen LogP contribution >= 0.6 is 0 Å². The summed E-state index contributed by atoms with van der Waals surface area (Å²) in [4.78, 5) is 33.7. The molecule has 0 saturated heterocycles. The first-order valence-electron chi connectivity index (χ1n) is 7.35. The number of esters is 1. The van der Waals surface area contributed by atoms with Crippen LogP contribution in [0.2, 0.25) is 0 Å². The molecule has 6 nitrogen and oxygen atoms in total. The van der Waals surface area contributed by atoms with Crippen LogP contribution < -0.4 is 0 Å². The van der Waals surface area contributed by atoms with Crippen LogP contribution in [0.3, 0.4) is 0 Å². The van der Waals surface area contributed by atoms with E-state index in [0.29, 0.717) is 11.6 Å². The maximum absolute atomic E-state index is 13.6. The fourth-order valence-corrected chi connectivity index (χ4v) is 2.44. The Morgan fingerprint density at radius 3 is 2.19 bits per heavy atom. The number of carbonyl (C=O) groups is 2. The van der Waals surface area contributed by atoms with E-state index in [-0.39, 0.29) is 5.56 Å². The minimum Gasteiger partial charge on any atom is -0.463 e. The number of alkyl halides is 3. The molecular formula is C18H12F3NO5. The lowest BCUT2D eigenvalue weighted by atomic mass is 9.91. The Bertz CT molecular complexity index is 936. The predicted octanol–water partition coefficient (Wildman–Crippen LogP) is 4.04. The lowest BCUT2D eigenvalue weighted by Gasteiger charge is -2.16. The number of carbonyl (C=O) groups excluding carboxylic acids is 2. The van der Waals surface area contributed by atoms with Crippen molar-refractivity contribution in [2.75, 3.05) is 7.11 Å². The van der Waals surface area contributed by atoms with Gasteiger partial charge in [0.15, 0.2) is 0 Å². The van der Waals surface area contributed by atoms with Crippen LogP contribution in [0.5, 0.6) is 0 Å². The molecule has 27 heavy (non-hydrogen) atoms. The molecule has 0 aliphatic heterocycles. The van der Waals surface area contributed by atoms with Gasteiger partial charge in [-0.05, 0) is 17.2 Å². The van der Waals surface area contributed by atoms with Crippen LogP contribution in [-0.2, 0) is 20.5 Å². The summed E-state index contributed by atoms with van der Waals surface area (Å²) in [5.74, 6) is -2.98. The molecule has 140 valence electrons. The van der Waals surface area contributed by atoms with Gasteiger partial charge in [0.2, 0.25) is 0 Å². The minimum atomic E-state index is -5.04. The molecule has 0 spiro atoms. The van der Waals surface area contributed by atoms with Gasteiger partial charge in [-0.25, -0.2) is 4.79 Å².